The van der Waals surface area contributed by atoms with Crippen LogP contribution < -0.4 is 5.32 Å². The van der Waals surface area contributed by atoms with Gasteiger partial charge in [0.1, 0.15) is 0 Å². The highest BCUT2D eigenvalue weighted by atomic mass is 16.5. The van der Waals surface area contributed by atoms with E-state index in [1.54, 1.807) is 0 Å². The molecule has 2 atom stereocenters. The summed E-state index contributed by atoms with van der Waals surface area (Å²) in [4.78, 5) is 0. The maximum Gasteiger partial charge on any atom is 0.0509 e. The van der Waals surface area contributed by atoms with Crippen LogP contribution in [0.4, 0.5) is 0 Å². The SMILES string of the molecule is CCNC(C1CCCOC1)C1(c2ccccc2)CCC1. The molecule has 1 aliphatic carbocycles. The van der Waals surface area contributed by atoms with Crippen LogP contribution in [0, 0.1) is 5.92 Å². The van der Waals surface area contributed by atoms with Crippen LogP contribution in [-0.4, -0.2) is 25.8 Å². The number of nitrogens with one attached hydrogen (secondary N) is 1. The second-order valence-corrected chi connectivity index (χ2v) is 6.39. The van der Waals surface area contributed by atoms with Gasteiger partial charge < -0.3 is 10.1 Å². The molecule has 1 aliphatic heterocycles. The molecule has 3 rings (SSSR count). The Labute approximate surface area is 122 Å². The summed E-state index contributed by atoms with van der Waals surface area (Å²) in [6, 6.07) is 11.7. The highest BCUT2D eigenvalue weighted by Gasteiger charge is 2.48. The van der Waals surface area contributed by atoms with Crippen molar-refractivity contribution >= 4 is 0 Å². The molecule has 110 valence electrons. The fourth-order valence-corrected chi connectivity index (χ4v) is 4.17. The van der Waals surface area contributed by atoms with Crippen molar-refractivity contribution in [1.82, 2.24) is 5.32 Å². The van der Waals surface area contributed by atoms with E-state index in [0.29, 0.717) is 17.4 Å². The van der Waals surface area contributed by atoms with Gasteiger partial charge in [-0.05, 0) is 43.7 Å². The number of hydrogen-bond donors (Lipinski definition) is 1. The smallest absolute Gasteiger partial charge is 0.0509 e. The molecule has 2 aliphatic rings. The normalized spacial score (nSPS) is 26.8. The van der Waals surface area contributed by atoms with Gasteiger partial charge in [0.05, 0.1) is 6.61 Å². The zero-order valence-electron chi connectivity index (χ0n) is 12.6. The lowest BCUT2D eigenvalue weighted by Gasteiger charge is -2.52. The molecule has 20 heavy (non-hydrogen) atoms. The molecule has 2 heteroatoms. The molecule has 0 radical (unpaired) electrons. The van der Waals surface area contributed by atoms with Gasteiger partial charge in [-0.2, -0.15) is 0 Å². The minimum absolute atomic E-state index is 0.350. The fraction of sp³-hybridized carbons (Fsp3) is 0.667. The van der Waals surface area contributed by atoms with Crippen molar-refractivity contribution in [1.29, 1.82) is 0 Å². The monoisotopic (exact) mass is 273 g/mol. The van der Waals surface area contributed by atoms with Gasteiger partial charge in [-0.3, -0.25) is 0 Å². The van der Waals surface area contributed by atoms with Crippen molar-refractivity contribution < 1.29 is 4.74 Å². The third kappa shape index (κ3) is 2.51. The van der Waals surface area contributed by atoms with E-state index < -0.39 is 0 Å². The third-order valence-electron chi connectivity index (χ3n) is 5.28. The number of likely N-dealkylation sites (N-methyl/N-ethyl adjacent to an activating group) is 1. The molecular formula is C18H27NO. The molecule has 1 saturated heterocycles. The standard InChI is InChI=1S/C18H27NO/c1-2-19-17(15-8-6-13-20-14-15)18(11-7-12-18)16-9-4-3-5-10-16/h3-5,9-10,15,17,19H,2,6-8,11-14H2,1H3. The first-order valence-corrected chi connectivity index (χ1v) is 8.23. The van der Waals surface area contributed by atoms with Crippen LogP contribution in [0.3, 0.4) is 0 Å². The summed E-state index contributed by atoms with van der Waals surface area (Å²) in [6.07, 6.45) is 6.55. The molecule has 1 heterocycles. The van der Waals surface area contributed by atoms with Gasteiger partial charge in [0.15, 0.2) is 0 Å². The van der Waals surface area contributed by atoms with Gasteiger partial charge in [0.25, 0.3) is 0 Å². The van der Waals surface area contributed by atoms with E-state index in [1.807, 2.05) is 0 Å². The van der Waals surface area contributed by atoms with E-state index in [9.17, 15) is 0 Å². The summed E-state index contributed by atoms with van der Waals surface area (Å²) in [5.41, 5.74) is 1.88. The summed E-state index contributed by atoms with van der Waals surface area (Å²) in [6.45, 7) is 5.17. The summed E-state index contributed by atoms with van der Waals surface area (Å²) in [5.74, 6) is 0.671. The van der Waals surface area contributed by atoms with E-state index in [2.05, 4.69) is 42.6 Å². The molecule has 2 unspecified atom stereocenters. The van der Waals surface area contributed by atoms with Gasteiger partial charge in [-0.25, -0.2) is 0 Å². The molecule has 1 aromatic rings. The average molecular weight is 273 g/mol. The van der Waals surface area contributed by atoms with Crippen molar-refractivity contribution in [2.75, 3.05) is 19.8 Å². The molecule has 1 saturated carbocycles. The predicted octanol–water partition coefficient (Wildman–Crippen LogP) is 3.51. The van der Waals surface area contributed by atoms with Crippen LogP contribution in [0.5, 0.6) is 0 Å². The number of hydrogen-bond acceptors (Lipinski definition) is 2. The van der Waals surface area contributed by atoms with Crippen molar-refractivity contribution in [3.05, 3.63) is 35.9 Å². The summed E-state index contributed by atoms with van der Waals surface area (Å²) < 4.78 is 5.77. The Morgan fingerprint density at radius 1 is 1.25 bits per heavy atom. The Bertz CT molecular complexity index is 407. The Kier molecular flexibility index (Phi) is 4.42. The highest BCUT2D eigenvalue weighted by Crippen LogP contribution is 2.49. The Morgan fingerprint density at radius 2 is 2.05 bits per heavy atom. The van der Waals surface area contributed by atoms with Crippen LogP contribution >= 0.6 is 0 Å². The molecule has 0 spiro atoms. The van der Waals surface area contributed by atoms with Gasteiger partial charge in [0.2, 0.25) is 0 Å². The summed E-state index contributed by atoms with van der Waals surface area (Å²) in [5, 5.41) is 3.81. The Balaban J connectivity index is 1.87. The van der Waals surface area contributed by atoms with E-state index in [4.69, 9.17) is 4.74 Å². The van der Waals surface area contributed by atoms with E-state index in [-0.39, 0.29) is 0 Å². The maximum atomic E-state index is 5.77. The molecular weight excluding hydrogens is 246 g/mol. The van der Waals surface area contributed by atoms with Crippen molar-refractivity contribution in [2.24, 2.45) is 5.92 Å². The van der Waals surface area contributed by atoms with E-state index in [1.165, 1.54) is 37.7 Å². The molecule has 0 bridgehead atoms. The quantitative estimate of drug-likeness (QED) is 0.886. The van der Waals surface area contributed by atoms with Crippen molar-refractivity contribution in [2.45, 2.75) is 50.5 Å². The average Bonchev–Trinajstić information content (AvgIpc) is 2.47. The fourth-order valence-electron chi connectivity index (χ4n) is 4.17. The van der Waals surface area contributed by atoms with Gasteiger partial charge in [0, 0.05) is 18.1 Å². The zero-order chi connectivity index (χ0) is 13.8. The minimum Gasteiger partial charge on any atom is -0.381 e. The number of rotatable bonds is 5. The first-order valence-electron chi connectivity index (χ1n) is 8.23. The third-order valence-corrected chi connectivity index (χ3v) is 5.28. The molecule has 1 N–H and O–H groups in total. The van der Waals surface area contributed by atoms with Gasteiger partial charge in [-0.15, -0.1) is 0 Å². The van der Waals surface area contributed by atoms with Gasteiger partial charge >= 0.3 is 0 Å². The molecule has 0 amide bonds. The van der Waals surface area contributed by atoms with Crippen LogP contribution in [0.1, 0.15) is 44.6 Å². The highest BCUT2D eigenvalue weighted by molar-refractivity contribution is 5.31. The number of benzene rings is 1. The topological polar surface area (TPSA) is 21.3 Å². The van der Waals surface area contributed by atoms with Gasteiger partial charge in [-0.1, -0.05) is 43.7 Å². The van der Waals surface area contributed by atoms with Crippen molar-refractivity contribution in [3.8, 4) is 0 Å². The van der Waals surface area contributed by atoms with Crippen LogP contribution in [0.2, 0.25) is 0 Å². The maximum absolute atomic E-state index is 5.77. The lowest BCUT2D eigenvalue weighted by Crippen LogP contribution is -2.57. The summed E-state index contributed by atoms with van der Waals surface area (Å²) in [7, 11) is 0. The number of ether oxygens (including phenoxy) is 1. The first kappa shape index (κ1) is 14.1. The minimum atomic E-state index is 0.350. The Morgan fingerprint density at radius 3 is 2.60 bits per heavy atom. The van der Waals surface area contributed by atoms with E-state index >= 15 is 0 Å². The second-order valence-electron chi connectivity index (χ2n) is 6.39. The van der Waals surface area contributed by atoms with Crippen LogP contribution in [0.15, 0.2) is 30.3 Å². The predicted molar refractivity (Wildman–Crippen MR) is 83.0 cm³/mol. The lowest BCUT2D eigenvalue weighted by molar-refractivity contribution is 0.00870. The second kappa shape index (κ2) is 6.28. The largest absolute Gasteiger partial charge is 0.381 e. The van der Waals surface area contributed by atoms with Crippen molar-refractivity contribution in [3.63, 3.8) is 0 Å². The first-order chi connectivity index (χ1) is 9.87. The molecule has 0 aromatic heterocycles. The zero-order valence-corrected chi connectivity index (χ0v) is 12.6. The molecule has 2 fully saturated rings. The van der Waals surface area contributed by atoms with E-state index in [0.717, 1.165) is 19.8 Å². The van der Waals surface area contributed by atoms with Crippen LogP contribution in [0.25, 0.3) is 0 Å². The lowest BCUT2D eigenvalue weighted by atomic mass is 9.57. The van der Waals surface area contributed by atoms with Crippen LogP contribution in [-0.2, 0) is 10.2 Å². The molecule has 1 aromatic carbocycles. The Hall–Kier alpha value is -0.860. The molecule has 2 nitrogen and oxygen atoms in total. The summed E-state index contributed by atoms with van der Waals surface area (Å²) >= 11 is 0.